The maximum Gasteiger partial charge on any atom is 0.162 e. The van der Waals surface area contributed by atoms with E-state index in [4.69, 9.17) is 0 Å². The molecule has 0 aromatic heterocycles. The molecule has 0 radical (unpaired) electrons. The molecule has 8 heteroatoms. The van der Waals surface area contributed by atoms with E-state index in [1.807, 2.05) is 388 Å². The smallest absolute Gasteiger partial charge is 0.162 e. The molecule has 0 atom stereocenters. The Bertz CT molecular complexity index is 1480. The molecule has 0 spiro atoms. The van der Waals surface area contributed by atoms with Crippen LogP contribution in [-0.4, -0.2) is 103 Å². The van der Waals surface area contributed by atoms with Crippen LogP contribution >= 0.6 is 0 Å². The molecule has 0 aliphatic carbocycles. The largest absolute Gasteiger partial charge is 0.384 e. The summed E-state index contributed by atoms with van der Waals surface area (Å²) in [6.07, 6.45) is 42.3. The Labute approximate surface area is 845 Å². The summed E-state index contributed by atoms with van der Waals surface area (Å²) in [5, 5.41) is 0. The number of hydrogen-bond acceptors (Lipinski definition) is 4. The molecule has 0 bridgehead atoms. The van der Waals surface area contributed by atoms with E-state index in [-0.39, 0.29) is 89.1 Å². The molecule has 0 amide bonds. The van der Waals surface area contributed by atoms with Gasteiger partial charge in [-0.25, -0.2) is 0 Å². The number of benzene rings is 2. The molecule has 0 aliphatic heterocycles. The molecule has 2 aromatic rings. The Morgan fingerprint density at radius 2 is 0.336 bits per heavy atom. The van der Waals surface area contributed by atoms with Gasteiger partial charge in [0.15, 0.2) is 26.9 Å². The molecule has 808 valence electrons. The minimum Gasteiger partial charge on any atom is -0.384 e. The zero-order valence-corrected chi connectivity index (χ0v) is 95.9. The minimum atomic E-state index is 0. The van der Waals surface area contributed by atoms with E-state index >= 15 is 0 Å². The average molecular weight is 1840 g/mol. The van der Waals surface area contributed by atoms with E-state index in [0.29, 0.717) is 26.9 Å². The van der Waals surface area contributed by atoms with Gasteiger partial charge < -0.3 is 19.6 Å². The van der Waals surface area contributed by atoms with Crippen molar-refractivity contribution in [3.05, 3.63) is 192 Å². The van der Waals surface area contributed by atoms with E-state index in [2.05, 4.69) is 273 Å². The molecule has 0 unspecified atom stereocenters. The van der Waals surface area contributed by atoms with Crippen LogP contribution in [0.3, 0.4) is 0 Å². The van der Waals surface area contributed by atoms with Gasteiger partial charge in [-0.3, -0.25) is 0 Å². The van der Waals surface area contributed by atoms with Crippen LogP contribution in [0.25, 0.3) is 0 Å². The van der Waals surface area contributed by atoms with Crippen LogP contribution < -0.4 is 0 Å². The normalized spacial score (nSPS) is 7.03. The minimum absolute atomic E-state index is 0. The average Bonchev–Trinajstić information content (AvgIpc) is 0.933. The molecule has 0 aliphatic rings. The summed E-state index contributed by atoms with van der Waals surface area (Å²) >= 11 is 0. The lowest BCUT2D eigenvalue weighted by Crippen LogP contribution is -2.03. The lowest BCUT2D eigenvalue weighted by molar-refractivity contribution is 0.564. The monoisotopic (exact) mass is 1840 g/mol. The van der Waals surface area contributed by atoms with Gasteiger partial charge in [-0.2, -0.15) is 0 Å². The SMILES string of the molecule is C.C.C.C.C.C.C.C.C.C.C.C.C/C=C\C=C/C.C/C=C\C=C/C.C/C=C\CC.C/C=C\CC.CB(C)/C=C\N(C)C.CB(C)/C=C\N(C)C.CB(C)/C=C\N(C)C.CB(C)/C=C\N(C)C.CC.CC.CC.CC.CC.CC.CC.CC.CC.CC.CC.CC.CC.CC.CC.CC.CCC.CCC.CCC.CCC.CCc1ccccc1C.CCc1ccccc1C. The second kappa shape index (κ2) is 397. The highest BCUT2D eigenvalue weighted by molar-refractivity contribution is 6.62. The predicted octanol–water partition coefficient (Wildman–Crippen LogP) is 48.5. The van der Waals surface area contributed by atoms with Gasteiger partial charge in [-0.1, -0.05) is 595 Å². The van der Waals surface area contributed by atoms with Crippen molar-refractivity contribution in [2.45, 2.75) is 555 Å². The van der Waals surface area contributed by atoms with Crippen LogP contribution in [0.4, 0.5) is 0 Å². The Hall–Kier alpha value is -4.70. The van der Waals surface area contributed by atoms with Gasteiger partial charge in [0.05, 0.1) is 0 Å². The Balaban J connectivity index is -0.0000000167. The summed E-state index contributed by atoms with van der Waals surface area (Å²) in [5.41, 5.74) is 5.72. The van der Waals surface area contributed by atoms with Gasteiger partial charge in [0.1, 0.15) is 0 Å². The van der Waals surface area contributed by atoms with Gasteiger partial charge in [0.2, 0.25) is 0 Å². The van der Waals surface area contributed by atoms with Gasteiger partial charge in [0.25, 0.3) is 0 Å². The molecular formula is C120H296B4N4. The fourth-order valence-corrected chi connectivity index (χ4v) is 4.31. The maximum absolute atomic E-state index is 2.18. The zero-order chi connectivity index (χ0) is 100. The fourth-order valence-electron chi connectivity index (χ4n) is 4.31. The van der Waals surface area contributed by atoms with Crippen molar-refractivity contribution >= 4 is 26.9 Å². The fraction of sp³-hybridized carbons (Fsp3) is 0.733. The zero-order valence-electron chi connectivity index (χ0n) is 95.9. The Morgan fingerprint density at radius 1 is 0.219 bits per heavy atom. The lowest BCUT2D eigenvalue weighted by Gasteiger charge is -2.02. The number of allylic oxidation sites excluding steroid dienone is 12. The molecule has 0 heterocycles. The Kier molecular flexibility index (Phi) is 825. The highest BCUT2D eigenvalue weighted by Crippen LogP contribution is 2.07. The van der Waals surface area contributed by atoms with Crippen molar-refractivity contribution in [1.82, 2.24) is 19.6 Å². The summed E-state index contributed by atoms with van der Waals surface area (Å²) in [6.45, 7) is 126. The summed E-state index contributed by atoms with van der Waals surface area (Å²) in [7, 11) is 16.2. The van der Waals surface area contributed by atoms with Crippen molar-refractivity contribution in [1.29, 1.82) is 0 Å². The molecule has 4 nitrogen and oxygen atoms in total. The standard InChI is InChI=1S/2C9H12.4C6H14BN.2C6H10.2C5H10.4C3H8.16C2H6.12CH4/c2*1-3-9-7-5-4-6-8(9)2;4*1-7(2)5-6-8(3)4;2*1-3-5-6-4-2;2*1-3-5-4-2;4*1-3-2;16*1-2;;;;;;;;;;;;/h2*4-7H,3H2,1-2H3;4*5-6H,1-4H3;2*3-6H,1-2H3;2*3,5H,4H2,1-2H3;4*3H2,1-2H3;16*1-2H3;12*1H4/b;;4*6-5-;2*5-3-,6-4-;2*5-3-;;;;;;;;;;;;;;;;;;;;;;;;;;;;;;;;. The lowest BCUT2D eigenvalue weighted by atomic mass is 9.55. The maximum atomic E-state index is 2.18. The molecule has 2 rings (SSSR count). The summed E-state index contributed by atoms with van der Waals surface area (Å²) in [4.78, 5) is 8.17. The van der Waals surface area contributed by atoms with Gasteiger partial charge in [-0.05, 0) is 128 Å². The van der Waals surface area contributed by atoms with Crippen molar-refractivity contribution in [2.24, 2.45) is 0 Å². The Morgan fingerprint density at radius 3 is 0.383 bits per heavy atom. The quantitative estimate of drug-likeness (QED) is 0.106. The van der Waals surface area contributed by atoms with Crippen molar-refractivity contribution < 1.29 is 0 Å². The summed E-state index contributed by atoms with van der Waals surface area (Å²) in [6, 6.07) is 17.0. The molecular weight excluding hydrogens is 1540 g/mol. The van der Waals surface area contributed by atoms with Crippen molar-refractivity contribution in [2.75, 3.05) is 56.4 Å². The van der Waals surface area contributed by atoms with Crippen molar-refractivity contribution in [3.8, 4) is 0 Å². The van der Waals surface area contributed by atoms with Crippen molar-refractivity contribution in [3.63, 3.8) is 0 Å². The molecule has 0 saturated heterocycles. The predicted molar refractivity (Wildman–Crippen MR) is 678 cm³/mol. The number of hydrogen-bond donors (Lipinski definition) is 0. The van der Waals surface area contributed by atoms with Crippen LogP contribution in [0, 0.1) is 13.8 Å². The van der Waals surface area contributed by atoms with Crippen LogP contribution in [0.5, 0.6) is 0 Å². The summed E-state index contributed by atoms with van der Waals surface area (Å²) in [5.74, 6) is 8.67. The summed E-state index contributed by atoms with van der Waals surface area (Å²) < 4.78 is 0. The number of aryl methyl sites for hydroxylation is 4. The van der Waals surface area contributed by atoms with Crippen LogP contribution in [0.1, 0.15) is 496 Å². The molecule has 0 saturated carbocycles. The van der Waals surface area contributed by atoms with E-state index in [0.717, 1.165) is 25.7 Å². The second-order valence-electron chi connectivity index (χ2n) is 21.6. The first kappa shape index (κ1) is 266. The first-order valence-electron chi connectivity index (χ1n) is 48.7. The highest BCUT2D eigenvalue weighted by Gasteiger charge is 1.92. The first-order chi connectivity index (χ1) is 55.5. The number of rotatable bonds is 14. The van der Waals surface area contributed by atoms with Crippen LogP contribution in [0.15, 0.2) is 170 Å². The van der Waals surface area contributed by atoms with Gasteiger partial charge >= 0.3 is 0 Å². The third-order valence-corrected chi connectivity index (χ3v) is 8.30. The van der Waals surface area contributed by atoms with E-state index in [9.17, 15) is 0 Å². The molecule has 2 aromatic carbocycles. The van der Waals surface area contributed by atoms with Crippen LogP contribution in [0.2, 0.25) is 54.6 Å². The van der Waals surface area contributed by atoms with Gasteiger partial charge in [-0.15, -0.1) is 23.9 Å². The topological polar surface area (TPSA) is 13.0 Å². The van der Waals surface area contributed by atoms with E-state index in [1.54, 1.807) is 0 Å². The third-order valence-electron chi connectivity index (χ3n) is 8.30. The van der Waals surface area contributed by atoms with Crippen LogP contribution in [-0.2, 0) is 12.8 Å². The first-order valence-corrected chi connectivity index (χ1v) is 48.7. The van der Waals surface area contributed by atoms with Gasteiger partial charge in [0, 0.05) is 56.4 Å². The number of nitrogens with zero attached hydrogens (tertiary/aromatic N) is 4. The third kappa shape index (κ3) is 667. The second-order valence-corrected chi connectivity index (χ2v) is 21.6. The molecule has 0 N–H and O–H groups in total. The molecule has 0 fully saturated rings. The van der Waals surface area contributed by atoms with E-state index < -0.39 is 0 Å². The molecule has 128 heavy (non-hydrogen) atoms. The van der Waals surface area contributed by atoms with E-state index in [1.165, 1.54) is 47.9 Å². The highest BCUT2D eigenvalue weighted by atomic mass is 15.0.